The van der Waals surface area contributed by atoms with Crippen LogP contribution < -0.4 is 5.32 Å². The van der Waals surface area contributed by atoms with Gasteiger partial charge < -0.3 is 10.4 Å². The van der Waals surface area contributed by atoms with Crippen molar-refractivity contribution < 1.29 is 18.7 Å². The van der Waals surface area contributed by atoms with Gasteiger partial charge >= 0.3 is 0 Å². The number of benzene rings is 2. The summed E-state index contributed by atoms with van der Waals surface area (Å²) in [4.78, 5) is 11.9. The summed E-state index contributed by atoms with van der Waals surface area (Å²) in [6.45, 7) is 0. The maximum atomic E-state index is 13.5. The van der Waals surface area contributed by atoms with Crippen LogP contribution in [0, 0.1) is 15.2 Å². The maximum absolute atomic E-state index is 13.5. The van der Waals surface area contributed by atoms with Crippen LogP contribution in [0.3, 0.4) is 0 Å². The van der Waals surface area contributed by atoms with Gasteiger partial charge in [0.05, 0.1) is 13.7 Å². The third-order valence-electron chi connectivity index (χ3n) is 2.47. The summed E-state index contributed by atoms with van der Waals surface area (Å²) in [5.41, 5.74) is 0.0177. The molecule has 1 amide bonds. The lowest BCUT2D eigenvalue weighted by molar-refractivity contribution is 0.102. The molecule has 0 saturated carbocycles. The van der Waals surface area contributed by atoms with Crippen molar-refractivity contribution in [2.24, 2.45) is 0 Å². The Hall–Kier alpha value is -1.22. The second-order valence-electron chi connectivity index (χ2n) is 3.87. The van der Waals surface area contributed by atoms with Crippen LogP contribution in [0.2, 0.25) is 0 Å². The molecule has 0 aromatic heterocycles. The van der Waals surface area contributed by atoms with Crippen LogP contribution in [0.25, 0.3) is 0 Å². The van der Waals surface area contributed by atoms with Gasteiger partial charge in [-0.25, -0.2) is 8.78 Å². The van der Waals surface area contributed by atoms with Crippen molar-refractivity contribution in [3.8, 4) is 5.75 Å². The molecule has 0 heterocycles. The number of amides is 1. The number of rotatable bonds is 2. The second-order valence-corrected chi connectivity index (χ2v) is 5.88. The molecule has 0 aliphatic rings. The molecule has 0 saturated heterocycles. The third kappa shape index (κ3) is 3.26. The number of phenolic OH excluding ortho intramolecular Hbond substituents is 1. The van der Waals surface area contributed by atoms with Crippen molar-refractivity contribution in [1.82, 2.24) is 0 Å². The number of carbonyl (C=O) groups excluding carboxylic acids is 1. The third-order valence-corrected chi connectivity index (χ3v) is 3.99. The minimum Gasteiger partial charge on any atom is -0.507 e. The number of halogens is 4. The Morgan fingerprint density at radius 3 is 2.55 bits per heavy atom. The number of carbonyl (C=O) groups is 1. The Morgan fingerprint density at radius 1 is 1.20 bits per heavy atom. The highest BCUT2D eigenvalue weighted by Gasteiger charge is 2.13. The zero-order chi connectivity index (χ0) is 14.9. The first-order valence-corrected chi connectivity index (χ1v) is 7.20. The molecule has 20 heavy (non-hydrogen) atoms. The number of anilines is 1. The van der Waals surface area contributed by atoms with Crippen molar-refractivity contribution in [2.45, 2.75) is 0 Å². The molecule has 0 aliphatic carbocycles. The topological polar surface area (TPSA) is 49.3 Å². The monoisotopic (exact) mass is 453 g/mol. The molecular formula is C13H7BrF2INO2. The molecule has 2 rings (SSSR count). The Morgan fingerprint density at radius 2 is 1.90 bits per heavy atom. The first kappa shape index (κ1) is 15.2. The fraction of sp³-hybridized carbons (Fsp3) is 0. The van der Waals surface area contributed by atoms with Crippen LogP contribution >= 0.6 is 38.5 Å². The van der Waals surface area contributed by atoms with Crippen molar-refractivity contribution in [3.05, 3.63) is 55.6 Å². The van der Waals surface area contributed by atoms with Gasteiger partial charge in [0.15, 0.2) is 0 Å². The summed E-state index contributed by atoms with van der Waals surface area (Å²) in [7, 11) is 0. The van der Waals surface area contributed by atoms with Gasteiger partial charge in [-0.2, -0.15) is 0 Å². The Balaban J connectivity index is 2.27. The fourth-order valence-corrected chi connectivity index (χ4v) is 2.15. The molecule has 0 unspecified atom stereocenters. The number of phenols is 1. The number of aromatic hydroxyl groups is 1. The van der Waals surface area contributed by atoms with Gasteiger partial charge in [-0.15, -0.1) is 0 Å². The highest BCUT2D eigenvalue weighted by molar-refractivity contribution is 14.1. The molecule has 0 fully saturated rings. The minimum atomic E-state index is -0.881. The molecular weight excluding hydrogens is 447 g/mol. The molecule has 2 aromatic rings. The van der Waals surface area contributed by atoms with E-state index in [9.17, 15) is 18.7 Å². The standard InChI is InChI=1S/C13H7BrF2INO2/c14-7-4-11(9(16)5-8(7)15)18-13(20)6-1-2-10(17)12(19)3-6/h1-5,19H,(H,18,20). The summed E-state index contributed by atoms with van der Waals surface area (Å²) < 4.78 is 27.2. The van der Waals surface area contributed by atoms with Gasteiger partial charge in [0, 0.05) is 11.6 Å². The Kier molecular flexibility index (Phi) is 4.59. The predicted molar refractivity (Wildman–Crippen MR) is 82.8 cm³/mol. The lowest BCUT2D eigenvalue weighted by Gasteiger charge is -2.08. The summed E-state index contributed by atoms with van der Waals surface area (Å²) in [6.07, 6.45) is 0. The Labute approximate surface area is 135 Å². The zero-order valence-corrected chi connectivity index (χ0v) is 13.5. The molecule has 0 aliphatic heterocycles. The lowest BCUT2D eigenvalue weighted by atomic mass is 10.2. The lowest BCUT2D eigenvalue weighted by Crippen LogP contribution is -2.13. The van der Waals surface area contributed by atoms with Crippen LogP contribution in [0.1, 0.15) is 10.4 Å². The molecule has 2 aromatic carbocycles. The van der Waals surface area contributed by atoms with Crippen molar-refractivity contribution in [2.75, 3.05) is 5.32 Å². The number of hydrogen-bond donors (Lipinski definition) is 2. The molecule has 0 radical (unpaired) electrons. The molecule has 7 heteroatoms. The summed E-state index contributed by atoms with van der Waals surface area (Å²) in [5, 5.41) is 11.8. The molecule has 2 N–H and O–H groups in total. The van der Waals surface area contributed by atoms with E-state index in [1.807, 2.05) is 22.6 Å². The highest BCUT2D eigenvalue weighted by Crippen LogP contribution is 2.25. The first-order valence-electron chi connectivity index (χ1n) is 5.33. The summed E-state index contributed by atoms with van der Waals surface area (Å²) in [6, 6.07) is 6.13. The van der Waals surface area contributed by atoms with E-state index < -0.39 is 17.5 Å². The van der Waals surface area contributed by atoms with E-state index in [1.54, 1.807) is 6.07 Å². The van der Waals surface area contributed by atoms with Gasteiger partial charge in [-0.1, -0.05) is 0 Å². The van der Waals surface area contributed by atoms with Crippen molar-refractivity contribution >= 4 is 50.1 Å². The van der Waals surface area contributed by atoms with Gasteiger partial charge in [-0.05, 0) is 62.8 Å². The van der Waals surface area contributed by atoms with Crippen LogP contribution in [0.4, 0.5) is 14.5 Å². The van der Waals surface area contributed by atoms with Crippen LogP contribution in [0.15, 0.2) is 34.8 Å². The van der Waals surface area contributed by atoms with Crippen LogP contribution in [-0.2, 0) is 0 Å². The number of hydrogen-bond acceptors (Lipinski definition) is 2. The largest absolute Gasteiger partial charge is 0.507 e. The zero-order valence-electron chi connectivity index (χ0n) is 9.75. The smallest absolute Gasteiger partial charge is 0.255 e. The van der Waals surface area contributed by atoms with Crippen LogP contribution in [-0.4, -0.2) is 11.0 Å². The normalized spacial score (nSPS) is 10.4. The van der Waals surface area contributed by atoms with Gasteiger partial charge in [0.1, 0.15) is 17.4 Å². The van der Waals surface area contributed by atoms with E-state index in [0.29, 0.717) is 9.64 Å². The quantitative estimate of drug-likeness (QED) is 0.526. The number of nitrogens with one attached hydrogen (secondary N) is 1. The summed E-state index contributed by atoms with van der Waals surface area (Å²) in [5.74, 6) is -2.28. The van der Waals surface area contributed by atoms with E-state index in [1.165, 1.54) is 12.1 Å². The predicted octanol–water partition coefficient (Wildman–Crippen LogP) is 4.29. The highest BCUT2D eigenvalue weighted by atomic mass is 127. The van der Waals surface area contributed by atoms with E-state index in [-0.39, 0.29) is 21.5 Å². The minimum absolute atomic E-state index is 0.0413. The van der Waals surface area contributed by atoms with Crippen molar-refractivity contribution in [3.63, 3.8) is 0 Å². The fourth-order valence-electron chi connectivity index (χ4n) is 1.47. The Bertz CT molecular complexity index is 694. The van der Waals surface area contributed by atoms with Gasteiger partial charge in [0.2, 0.25) is 0 Å². The van der Waals surface area contributed by atoms with E-state index >= 15 is 0 Å². The molecule has 0 spiro atoms. The molecule has 0 atom stereocenters. The maximum Gasteiger partial charge on any atom is 0.255 e. The molecule has 3 nitrogen and oxygen atoms in total. The van der Waals surface area contributed by atoms with E-state index in [2.05, 4.69) is 21.2 Å². The first-order chi connectivity index (χ1) is 9.38. The average Bonchev–Trinajstić information content (AvgIpc) is 2.39. The average molecular weight is 454 g/mol. The van der Waals surface area contributed by atoms with Gasteiger partial charge in [-0.3, -0.25) is 4.79 Å². The van der Waals surface area contributed by atoms with Crippen molar-refractivity contribution in [1.29, 1.82) is 0 Å². The molecule has 104 valence electrons. The molecule has 0 bridgehead atoms. The summed E-state index contributed by atoms with van der Waals surface area (Å²) >= 11 is 4.83. The van der Waals surface area contributed by atoms with E-state index in [4.69, 9.17) is 0 Å². The second kappa shape index (κ2) is 6.04. The van der Waals surface area contributed by atoms with Crippen LogP contribution in [0.5, 0.6) is 5.75 Å². The van der Waals surface area contributed by atoms with Gasteiger partial charge in [0.25, 0.3) is 5.91 Å². The van der Waals surface area contributed by atoms with E-state index in [0.717, 1.165) is 6.07 Å². The SMILES string of the molecule is O=C(Nc1cc(Br)c(F)cc1F)c1ccc(I)c(O)c1.